The second-order valence-electron chi connectivity index (χ2n) is 21.0. The molecule has 0 aromatic heterocycles. The summed E-state index contributed by atoms with van der Waals surface area (Å²) in [7, 11) is 0. The number of ether oxygens (including phenoxy) is 1. The molecule has 2 aliphatic heterocycles. The van der Waals surface area contributed by atoms with E-state index in [-0.39, 0.29) is 40.1 Å². The number of hydrogen-bond donors (Lipinski definition) is 0. The number of nitrogens with zero attached hydrogens (tertiary/aromatic N) is 2. The van der Waals surface area contributed by atoms with Gasteiger partial charge in [-0.25, -0.2) is 0 Å². The fraction of sp³-hybridized carbons (Fsp3) is 0.286. The molecule has 0 radical (unpaired) electrons. The molecule has 0 fully saturated rings. The Morgan fingerprint density at radius 1 is 0.486 bits per heavy atom. The summed E-state index contributed by atoms with van der Waals surface area (Å²) in [4.78, 5) is 3.25. The number of halogens is 12. The summed E-state index contributed by atoms with van der Waals surface area (Å²) in [5.41, 5.74) is -9.19. The molecule has 72 heavy (non-hydrogen) atoms. The average Bonchev–Trinajstić information content (AvgIpc) is 3.29. The molecule has 7 aromatic carbocycles. The van der Waals surface area contributed by atoms with Crippen LogP contribution in [-0.2, 0) is 21.7 Å². The van der Waals surface area contributed by atoms with Gasteiger partial charge in [0, 0.05) is 34.2 Å². The van der Waals surface area contributed by atoms with Crippen molar-refractivity contribution >= 4 is 68.0 Å². The molecule has 0 saturated heterocycles. The first kappa shape index (κ1) is 49.0. The first-order valence-electron chi connectivity index (χ1n) is 23.2. The summed E-state index contributed by atoms with van der Waals surface area (Å²) in [5, 5.41) is 0.959. The molecule has 0 unspecified atom stereocenters. The van der Waals surface area contributed by atoms with E-state index in [2.05, 4.69) is 47.6 Å². The zero-order valence-electron chi connectivity index (χ0n) is 39.6. The minimum atomic E-state index is -6.40. The molecule has 3 aliphatic rings. The van der Waals surface area contributed by atoms with Crippen LogP contribution in [0.2, 0.25) is 0 Å². The molecule has 16 heteroatoms. The Morgan fingerprint density at radius 2 is 1.06 bits per heavy atom. The van der Waals surface area contributed by atoms with E-state index < -0.39 is 71.9 Å². The molecule has 7 aromatic rings. The Morgan fingerprint density at radius 3 is 1.68 bits per heavy atom. The van der Waals surface area contributed by atoms with Crippen LogP contribution in [0, 0.1) is 0 Å². The molecule has 0 spiro atoms. The minimum Gasteiger partial charge on any atom is -0.458 e. The maximum atomic E-state index is 15.4. The van der Waals surface area contributed by atoms with Gasteiger partial charge in [-0.1, -0.05) is 126 Å². The molecular weight excluding hydrogens is 955 g/mol. The highest BCUT2D eigenvalue weighted by Crippen LogP contribution is 2.67. The lowest BCUT2D eigenvalue weighted by atomic mass is 9.34. The third kappa shape index (κ3) is 7.27. The van der Waals surface area contributed by atoms with Crippen LogP contribution in [0.1, 0.15) is 76.6 Å². The van der Waals surface area contributed by atoms with Crippen LogP contribution in [0.3, 0.4) is 0 Å². The smallest absolute Gasteiger partial charge is 0.407 e. The molecule has 0 atom stereocenters. The highest BCUT2D eigenvalue weighted by Gasteiger charge is 2.80. The Bertz CT molecular complexity index is 3250. The topological polar surface area (TPSA) is 15.7 Å². The quantitative estimate of drug-likeness (QED) is 0.129. The van der Waals surface area contributed by atoms with Gasteiger partial charge in [0.25, 0.3) is 6.71 Å². The number of anilines is 6. The fourth-order valence-electron chi connectivity index (χ4n) is 11.0. The summed E-state index contributed by atoms with van der Waals surface area (Å²) in [6, 6.07) is 37.1. The van der Waals surface area contributed by atoms with Gasteiger partial charge in [-0.2, -0.15) is 52.7 Å². The molecule has 372 valence electrons. The summed E-state index contributed by atoms with van der Waals surface area (Å²) < 4.78 is 190. The first-order valence-corrected chi connectivity index (χ1v) is 23.2. The van der Waals surface area contributed by atoms with Crippen LogP contribution < -0.4 is 30.9 Å². The molecular formula is C56H45BF12N2O. The van der Waals surface area contributed by atoms with Crippen molar-refractivity contribution in [1.29, 1.82) is 0 Å². The molecule has 2 heterocycles. The van der Waals surface area contributed by atoms with E-state index in [1.807, 2.05) is 53.4 Å². The lowest BCUT2D eigenvalue weighted by molar-refractivity contribution is -0.336. The Kier molecular flexibility index (Phi) is 10.9. The first-order chi connectivity index (χ1) is 33.5. The van der Waals surface area contributed by atoms with Crippen molar-refractivity contribution < 1.29 is 57.4 Å². The maximum Gasteiger partial charge on any atom is 0.407 e. The molecule has 0 N–H and O–H groups in total. The highest BCUT2D eigenvalue weighted by molar-refractivity contribution is 6.99. The lowest BCUT2D eigenvalue weighted by Gasteiger charge is -2.50. The predicted molar refractivity (Wildman–Crippen MR) is 259 cm³/mol. The van der Waals surface area contributed by atoms with Crippen LogP contribution >= 0.6 is 0 Å². The SMILES string of the molecule is CC(C)(C)c1ccc(N2c3ccc(C(C)(C)C)cc3B3c4ccccc4Oc4cc(N(c5ccc6c(c5)C(C(F)(F)F)(C(F)(F)F)CCC6(C(F)(F)F)C(F)(F)F)c5cccc6ccccc56)cc2c43)cc1. The van der Waals surface area contributed by atoms with Gasteiger partial charge in [0.05, 0.1) is 11.4 Å². The van der Waals surface area contributed by atoms with Crippen molar-refractivity contribution in [2.45, 2.75) is 101 Å². The second-order valence-corrected chi connectivity index (χ2v) is 21.0. The van der Waals surface area contributed by atoms with Gasteiger partial charge in [-0.3, -0.25) is 0 Å². The number of benzene rings is 7. The number of alkyl halides is 12. The van der Waals surface area contributed by atoms with Gasteiger partial charge in [0.15, 0.2) is 10.8 Å². The van der Waals surface area contributed by atoms with Gasteiger partial charge >= 0.3 is 24.7 Å². The predicted octanol–water partition coefficient (Wildman–Crippen LogP) is 15.8. The number of hydrogen-bond acceptors (Lipinski definition) is 3. The van der Waals surface area contributed by atoms with Crippen LogP contribution in [0.15, 0.2) is 140 Å². The van der Waals surface area contributed by atoms with E-state index in [0.29, 0.717) is 33.4 Å². The number of rotatable bonds is 4. The van der Waals surface area contributed by atoms with E-state index >= 15 is 52.7 Å². The summed E-state index contributed by atoms with van der Waals surface area (Å²) >= 11 is 0. The standard InChI is InChI=1S/C56H45BF12N2O/c1-49(2,3)33-18-21-35(22-19-33)71-44-25-20-34(50(4,5)6)28-42(44)57-41-15-9-10-17-46(41)72-47-31-37(30-45(71)48(47)57)70(43-16-11-13-32-12-7-8-14-38(32)43)36-23-24-39-40(29-36)52(55(64,65)66,56(67,68)69)27-26-51(39,53(58,59)60)54(61,62)63/h7-25,28-31H,26-27H2,1-6H3. The van der Waals surface area contributed by atoms with Crippen molar-refractivity contribution in [2.24, 2.45) is 0 Å². The maximum absolute atomic E-state index is 15.4. The minimum absolute atomic E-state index is 0.0580. The molecule has 1 aliphatic carbocycles. The average molecular weight is 1000 g/mol. The van der Waals surface area contributed by atoms with Crippen molar-refractivity contribution in [3.63, 3.8) is 0 Å². The number of fused-ring (bicyclic) bond motifs is 6. The summed E-state index contributed by atoms with van der Waals surface area (Å²) in [6.45, 7) is 12.0. The van der Waals surface area contributed by atoms with Crippen molar-refractivity contribution in [2.75, 3.05) is 9.80 Å². The van der Waals surface area contributed by atoms with Crippen LogP contribution in [-0.4, -0.2) is 31.4 Å². The second kappa shape index (κ2) is 16.0. The van der Waals surface area contributed by atoms with E-state index in [1.54, 1.807) is 60.7 Å². The molecule has 0 amide bonds. The number of para-hydroxylation sites is 1. The fourth-order valence-corrected chi connectivity index (χ4v) is 11.0. The largest absolute Gasteiger partial charge is 0.458 e. The van der Waals surface area contributed by atoms with E-state index in [4.69, 9.17) is 4.74 Å². The Balaban J connectivity index is 1.32. The van der Waals surface area contributed by atoms with Gasteiger partial charge in [-0.15, -0.1) is 0 Å². The van der Waals surface area contributed by atoms with Gasteiger partial charge < -0.3 is 14.5 Å². The third-order valence-electron chi connectivity index (χ3n) is 14.8. The molecule has 3 nitrogen and oxygen atoms in total. The van der Waals surface area contributed by atoms with Gasteiger partial charge in [0.2, 0.25) is 0 Å². The molecule has 10 rings (SSSR count). The lowest BCUT2D eigenvalue weighted by Crippen LogP contribution is -2.63. The van der Waals surface area contributed by atoms with E-state index in [9.17, 15) is 0 Å². The monoisotopic (exact) mass is 1000 g/mol. The molecule has 0 bridgehead atoms. The van der Waals surface area contributed by atoms with E-state index in [1.165, 1.54) is 11.0 Å². The molecule has 0 saturated carbocycles. The van der Waals surface area contributed by atoms with Gasteiger partial charge in [0.1, 0.15) is 11.5 Å². The summed E-state index contributed by atoms with van der Waals surface area (Å²) in [6.07, 6.45) is -30.7. The summed E-state index contributed by atoms with van der Waals surface area (Å²) in [5.74, 6) is 0.695. The van der Waals surface area contributed by atoms with Crippen LogP contribution in [0.25, 0.3) is 10.8 Å². The third-order valence-corrected chi connectivity index (χ3v) is 14.8. The zero-order valence-corrected chi connectivity index (χ0v) is 39.6. The normalized spacial score (nSPS) is 16.4. The Hall–Kier alpha value is -6.58. The van der Waals surface area contributed by atoms with E-state index in [0.717, 1.165) is 33.8 Å². The highest BCUT2D eigenvalue weighted by atomic mass is 19.4. The van der Waals surface area contributed by atoms with Crippen LogP contribution in [0.4, 0.5) is 86.8 Å². The van der Waals surface area contributed by atoms with Gasteiger partial charge in [-0.05, 0) is 116 Å². The van der Waals surface area contributed by atoms with Crippen LogP contribution in [0.5, 0.6) is 11.5 Å². The van der Waals surface area contributed by atoms with Crippen molar-refractivity contribution in [3.05, 3.63) is 162 Å². The van der Waals surface area contributed by atoms with Crippen molar-refractivity contribution in [3.8, 4) is 11.5 Å². The van der Waals surface area contributed by atoms with Crippen molar-refractivity contribution in [1.82, 2.24) is 0 Å². The zero-order chi connectivity index (χ0) is 51.9. The Labute approximate surface area is 408 Å².